The fraction of sp³-hybridized carbons (Fsp3) is 0.0909. The number of rotatable bonds is 6. The summed E-state index contributed by atoms with van der Waals surface area (Å²) in [4.78, 5) is 24.2. The van der Waals surface area contributed by atoms with Gasteiger partial charge < -0.3 is 20.0 Å². The number of carboxylic acid groups (broad SMARTS) is 1. The SMILES string of the molecule is COc1cccc(CNC(=O)c2ccccc2-c2ccccc2C(=O)[O-])c1. The van der Waals surface area contributed by atoms with Crippen LogP contribution >= 0.6 is 0 Å². The van der Waals surface area contributed by atoms with Gasteiger partial charge in [-0.2, -0.15) is 0 Å². The second-order valence-corrected chi connectivity index (χ2v) is 5.91. The number of carboxylic acids is 1. The zero-order chi connectivity index (χ0) is 19.2. The number of hydrogen-bond donors (Lipinski definition) is 1. The standard InChI is InChI=1S/C22H19NO4/c1-27-16-8-6-7-15(13-16)14-23-21(24)19-11-4-2-9-17(19)18-10-3-5-12-20(18)22(25)26/h2-13H,14H2,1H3,(H,23,24)(H,25,26)/p-1. The highest BCUT2D eigenvalue weighted by Gasteiger charge is 2.15. The van der Waals surface area contributed by atoms with Crippen LogP contribution in [0.4, 0.5) is 0 Å². The fourth-order valence-electron chi connectivity index (χ4n) is 2.87. The van der Waals surface area contributed by atoms with Crippen molar-refractivity contribution in [2.24, 2.45) is 0 Å². The number of nitrogens with one attached hydrogen (secondary N) is 1. The third-order valence-electron chi connectivity index (χ3n) is 4.20. The molecule has 3 aromatic rings. The number of carbonyl (C=O) groups is 2. The summed E-state index contributed by atoms with van der Waals surface area (Å²) in [7, 11) is 1.59. The van der Waals surface area contributed by atoms with Gasteiger partial charge in [0.25, 0.3) is 5.91 Å². The van der Waals surface area contributed by atoms with Crippen LogP contribution in [0.1, 0.15) is 26.3 Å². The normalized spacial score (nSPS) is 10.3. The van der Waals surface area contributed by atoms with Gasteiger partial charge in [-0.05, 0) is 34.9 Å². The lowest BCUT2D eigenvalue weighted by Gasteiger charge is -2.14. The first-order valence-electron chi connectivity index (χ1n) is 8.41. The molecule has 5 heteroatoms. The minimum atomic E-state index is -1.28. The Kier molecular flexibility index (Phi) is 5.52. The number of hydrogen-bond acceptors (Lipinski definition) is 4. The molecule has 0 radical (unpaired) electrons. The van der Waals surface area contributed by atoms with Crippen LogP contribution in [-0.4, -0.2) is 19.0 Å². The molecule has 3 rings (SSSR count). The summed E-state index contributed by atoms with van der Waals surface area (Å²) in [6, 6.07) is 20.8. The van der Waals surface area contributed by atoms with Gasteiger partial charge >= 0.3 is 0 Å². The van der Waals surface area contributed by atoms with Crippen LogP contribution in [0.3, 0.4) is 0 Å². The largest absolute Gasteiger partial charge is 0.545 e. The highest BCUT2D eigenvalue weighted by atomic mass is 16.5. The maximum atomic E-state index is 12.7. The lowest BCUT2D eigenvalue weighted by molar-refractivity contribution is -0.254. The van der Waals surface area contributed by atoms with Gasteiger partial charge in [-0.1, -0.05) is 54.6 Å². The molecular weight excluding hydrogens is 342 g/mol. The maximum Gasteiger partial charge on any atom is 0.252 e. The fourth-order valence-corrected chi connectivity index (χ4v) is 2.87. The third kappa shape index (κ3) is 4.15. The predicted octanol–water partition coefficient (Wildman–Crippen LogP) is 2.66. The first kappa shape index (κ1) is 18.2. The minimum Gasteiger partial charge on any atom is -0.545 e. The van der Waals surface area contributed by atoms with Gasteiger partial charge in [-0.25, -0.2) is 0 Å². The first-order valence-corrected chi connectivity index (χ1v) is 8.41. The molecule has 0 atom stereocenters. The Balaban J connectivity index is 1.88. The molecule has 0 fully saturated rings. The Morgan fingerprint density at radius 3 is 2.19 bits per heavy atom. The molecule has 0 saturated heterocycles. The van der Waals surface area contributed by atoms with Crippen LogP contribution in [0.25, 0.3) is 11.1 Å². The molecule has 0 spiro atoms. The third-order valence-corrected chi connectivity index (χ3v) is 4.20. The molecule has 27 heavy (non-hydrogen) atoms. The second kappa shape index (κ2) is 8.19. The summed E-state index contributed by atoms with van der Waals surface area (Å²) in [6.07, 6.45) is 0. The van der Waals surface area contributed by atoms with E-state index >= 15 is 0 Å². The zero-order valence-electron chi connectivity index (χ0n) is 14.8. The van der Waals surface area contributed by atoms with Gasteiger partial charge in [0.2, 0.25) is 0 Å². The quantitative estimate of drug-likeness (QED) is 0.733. The van der Waals surface area contributed by atoms with Crippen molar-refractivity contribution in [3.63, 3.8) is 0 Å². The molecule has 136 valence electrons. The van der Waals surface area contributed by atoms with Crippen LogP contribution in [0, 0.1) is 0 Å². The van der Waals surface area contributed by atoms with Gasteiger partial charge in [0.05, 0.1) is 13.1 Å². The van der Waals surface area contributed by atoms with E-state index in [4.69, 9.17) is 4.74 Å². The van der Waals surface area contributed by atoms with E-state index in [2.05, 4.69) is 5.32 Å². The highest BCUT2D eigenvalue weighted by molar-refractivity contribution is 6.04. The van der Waals surface area contributed by atoms with Crippen molar-refractivity contribution < 1.29 is 19.4 Å². The first-order chi connectivity index (χ1) is 13.1. The van der Waals surface area contributed by atoms with E-state index in [0.29, 0.717) is 29.0 Å². The summed E-state index contributed by atoms with van der Waals surface area (Å²) in [5.41, 5.74) is 2.33. The number of amides is 1. The predicted molar refractivity (Wildman–Crippen MR) is 100 cm³/mol. The molecule has 0 aliphatic rings. The Morgan fingerprint density at radius 1 is 0.889 bits per heavy atom. The van der Waals surface area contributed by atoms with Crippen LogP contribution in [0.5, 0.6) is 5.75 Å². The second-order valence-electron chi connectivity index (χ2n) is 5.91. The van der Waals surface area contributed by atoms with Gasteiger partial charge in [0.15, 0.2) is 0 Å². The molecule has 0 unspecified atom stereocenters. The van der Waals surface area contributed by atoms with Crippen molar-refractivity contribution in [3.8, 4) is 16.9 Å². The molecule has 0 aliphatic heterocycles. The number of benzene rings is 3. The van der Waals surface area contributed by atoms with Crippen LogP contribution < -0.4 is 15.2 Å². The summed E-state index contributed by atoms with van der Waals surface area (Å²) >= 11 is 0. The Bertz CT molecular complexity index is 981. The molecule has 0 saturated carbocycles. The molecule has 0 aliphatic carbocycles. The number of carbonyl (C=O) groups excluding carboxylic acids is 2. The van der Waals surface area contributed by atoms with Crippen LogP contribution in [0.15, 0.2) is 72.8 Å². The van der Waals surface area contributed by atoms with Gasteiger partial charge in [-0.15, -0.1) is 0 Å². The van der Waals surface area contributed by atoms with Crippen LogP contribution in [-0.2, 0) is 6.54 Å². The lowest BCUT2D eigenvalue weighted by atomic mass is 9.95. The van der Waals surface area contributed by atoms with E-state index in [1.165, 1.54) is 6.07 Å². The zero-order valence-corrected chi connectivity index (χ0v) is 14.8. The van der Waals surface area contributed by atoms with Crippen molar-refractivity contribution in [1.82, 2.24) is 5.32 Å². The summed E-state index contributed by atoms with van der Waals surface area (Å²) in [6.45, 7) is 0.326. The summed E-state index contributed by atoms with van der Waals surface area (Å²) < 4.78 is 5.18. The molecule has 0 aromatic heterocycles. The van der Waals surface area contributed by atoms with E-state index in [1.807, 2.05) is 24.3 Å². The molecule has 1 N–H and O–H groups in total. The summed E-state index contributed by atoms with van der Waals surface area (Å²) in [5, 5.41) is 14.3. The van der Waals surface area contributed by atoms with Crippen LogP contribution in [0.2, 0.25) is 0 Å². The molecular formula is C22H18NO4-. The molecule has 3 aromatic carbocycles. The monoisotopic (exact) mass is 360 g/mol. The molecule has 5 nitrogen and oxygen atoms in total. The smallest absolute Gasteiger partial charge is 0.252 e. The van der Waals surface area contributed by atoms with Gasteiger partial charge in [0, 0.05) is 17.7 Å². The average molecular weight is 360 g/mol. The number of aromatic carboxylic acids is 1. The Labute approximate surface area is 157 Å². The molecule has 0 bridgehead atoms. The lowest BCUT2D eigenvalue weighted by Crippen LogP contribution is -2.25. The molecule has 0 heterocycles. The van der Waals surface area contributed by atoms with E-state index < -0.39 is 5.97 Å². The topological polar surface area (TPSA) is 78.5 Å². The van der Waals surface area contributed by atoms with Crippen molar-refractivity contribution in [2.45, 2.75) is 6.54 Å². The number of ether oxygens (including phenoxy) is 1. The van der Waals surface area contributed by atoms with Gasteiger partial charge in [0.1, 0.15) is 5.75 Å². The number of methoxy groups -OCH3 is 1. The van der Waals surface area contributed by atoms with E-state index in [0.717, 1.165) is 5.56 Å². The van der Waals surface area contributed by atoms with Crippen molar-refractivity contribution >= 4 is 11.9 Å². The Morgan fingerprint density at radius 2 is 1.52 bits per heavy atom. The van der Waals surface area contributed by atoms with E-state index in [1.54, 1.807) is 49.6 Å². The molecule has 1 amide bonds. The Hall–Kier alpha value is -3.60. The van der Waals surface area contributed by atoms with E-state index in [9.17, 15) is 14.7 Å². The van der Waals surface area contributed by atoms with Gasteiger partial charge in [-0.3, -0.25) is 4.79 Å². The van der Waals surface area contributed by atoms with E-state index in [-0.39, 0.29) is 11.5 Å². The minimum absolute atomic E-state index is 0.0468. The maximum absolute atomic E-state index is 12.7. The van der Waals surface area contributed by atoms with Crippen molar-refractivity contribution in [1.29, 1.82) is 0 Å². The average Bonchev–Trinajstić information content (AvgIpc) is 2.72. The summed E-state index contributed by atoms with van der Waals surface area (Å²) in [5.74, 6) is -0.858. The highest BCUT2D eigenvalue weighted by Crippen LogP contribution is 2.27. The van der Waals surface area contributed by atoms with Crippen molar-refractivity contribution in [3.05, 3.63) is 89.5 Å². The van der Waals surface area contributed by atoms with Crippen molar-refractivity contribution in [2.75, 3.05) is 7.11 Å².